The van der Waals surface area contributed by atoms with Crippen molar-refractivity contribution in [1.29, 1.82) is 0 Å². The van der Waals surface area contributed by atoms with Gasteiger partial charge in [0, 0.05) is 30.7 Å². The van der Waals surface area contributed by atoms with Crippen LogP contribution in [0.2, 0.25) is 0 Å². The van der Waals surface area contributed by atoms with E-state index in [-0.39, 0.29) is 5.70 Å². The molecule has 2 heterocycles. The lowest BCUT2D eigenvalue weighted by atomic mass is 10.2. The number of hydrogen-bond donors (Lipinski definition) is 1. The topological polar surface area (TPSA) is 80.3 Å². The van der Waals surface area contributed by atoms with E-state index in [1.165, 1.54) is 6.08 Å². The zero-order chi connectivity index (χ0) is 17.5. The molecule has 0 unspecified atom stereocenters. The third-order valence-electron chi connectivity index (χ3n) is 3.63. The Morgan fingerprint density at radius 3 is 3.00 bits per heavy atom. The van der Waals surface area contributed by atoms with Crippen molar-refractivity contribution in [2.24, 2.45) is 15.7 Å². The first-order valence-corrected chi connectivity index (χ1v) is 7.84. The number of carbonyl (C=O) groups is 1. The Kier molecular flexibility index (Phi) is 5.21. The van der Waals surface area contributed by atoms with Gasteiger partial charge in [-0.25, -0.2) is 0 Å². The smallest absolute Gasteiger partial charge is 0.267 e. The Morgan fingerprint density at radius 2 is 2.12 bits per heavy atom. The van der Waals surface area contributed by atoms with E-state index in [4.69, 9.17) is 10.5 Å². The van der Waals surface area contributed by atoms with E-state index in [1.807, 2.05) is 30.3 Å². The molecule has 2 N–H and O–H groups in total. The molecule has 0 aliphatic carbocycles. The van der Waals surface area contributed by atoms with Gasteiger partial charge >= 0.3 is 0 Å². The number of nitrogens with two attached hydrogens (primary N) is 1. The minimum atomic E-state index is -0.611. The number of carbonyl (C=O) groups excluding carboxylic acids is 1. The quantitative estimate of drug-likeness (QED) is 0.854. The van der Waals surface area contributed by atoms with E-state index in [9.17, 15) is 4.79 Å². The molecule has 0 spiro atoms. The van der Waals surface area contributed by atoms with Gasteiger partial charge in [0.05, 0.1) is 12.2 Å². The van der Waals surface area contributed by atoms with Crippen molar-refractivity contribution < 1.29 is 9.53 Å². The van der Waals surface area contributed by atoms with Crippen LogP contribution in [0.5, 0.6) is 5.75 Å². The second-order valence-electron chi connectivity index (χ2n) is 5.35. The minimum absolute atomic E-state index is 0.137. The van der Waals surface area contributed by atoms with Gasteiger partial charge in [0.25, 0.3) is 5.91 Å². The summed E-state index contributed by atoms with van der Waals surface area (Å²) in [6.07, 6.45) is 13.9. The Bertz CT molecular complexity index is 832. The highest BCUT2D eigenvalue weighted by atomic mass is 16.5. The lowest BCUT2D eigenvalue weighted by molar-refractivity contribution is -0.114. The fourth-order valence-electron chi connectivity index (χ4n) is 2.34. The van der Waals surface area contributed by atoms with Crippen LogP contribution in [0.25, 0.3) is 0 Å². The van der Waals surface area contributed by atoms with Crippen LogP contribution in [0.4, 0.5) is 0 Å². The standard InChI is InChI=1S/C19H18N4O2/c20-19(24)17-7-3-9-21-10-12-23-11-4-6-16(23)14-25-18-8-2-1-5-15(18)13-22-17/h1-10,13-14H,11-12H2,(H2,20,24)/b9-3-,16-14-,17-7?,21-10?,22-13?. The summed E-state index contributed by atoms with van der Waals surface area (Å²) in [6, 6.07) is 7.45. The first-order chi connectivity index (χ1) is 12.2. The lowest BCUT2D eigenvalue weighted by Crippen LogP contribution is -2.21. The maximum absolute atomic E-state index is 11.5. The molecule has 0 radical (unpaired) electrons. The zero-order valence-electron chi connectivity index (χ0n) is 13.6. The maximum atomic E-state index is 11.5. The van der Waals surface area contributed by atoms with Gasteiger partial charge < -0.3 is 15.4 Å². The molecule has 6 heteroatoms. The van der Waals surface area contributed by atoms with Crippen LogP contribution in [0, 0.1) is 0 Å². The Morgan fingerprint density at radius 1 is 1.24 bits per heavy atom. The molecule has 0 saturated heterocycles. The second kappa shape index (κ2) is 7.92. The number of nitrogens with zero attached hydrogens (tertiary/aromatic N) is 3. The largest absolute Gasteiger partial charge is 0.462 e. The molecule has 2 aliphatic rings. The molecule has 3 rings (SSSR count). The SMILES string of the molecule is NC(=O)C1=C/C=C\N=CCN2CC=C/C2=C/Oc2ccccc2C=N1. The monoisotopic (exact) mass is 334 g/mol. The average Bonchev–Trinajstić information content (AvgIpc) is 3.05. The summed E-state index contributed by atoms with van der Waals surface area (Å²) in [4.78, 5) is 22.0. The van der Waals surface area contributed by atoms with Crippen LogP contribution in [-0.2, 0) is 4.79 Å². The predicted molar refractivity (Wildman–Crippen MR) is 98.4 cm³/mol. The van der Waals surface area contributed by atoms with Gasteiger partial charge in [-0.1, -0.05) is 18.2 Å². The second-order valence-corrected chi connectivity index (χ2v) is 5.35. The number of hydrogen-bond acceptors (Lipinski definition) is 5. The summed E-state index contributed by atoms with van der Waals surface area (Å²) >= 11 is 0. The first-order valence-electron chi connectivity index (χ1n) is 7.84. The summed E-state index contributed by atoms with van der Waals surface area (Å²) < 4.78 is 5.83. The van der Waals surface area contributed by atoms with Crippen LogP contribution in [0.3, 0.4) is 0 Å². The van der Waals surface area contributed by atoms with E-state index in [1.54, 1.807) is 31.0 Å². The summed E-state index contributed by atoms with van der Waals surface area (Å²) in [5, 5.41) is 0. The van der Waals surface area contributed by atoms with Crippen molar-refractivity contribution in [2.45, 2.75) is 0 Å². The van der Waals surface area contributed by atoms with Crippen LogP contribution >= 0.6 is 0 Å². The molecule has 2 aliphatic heterocycles. The highest BCUT2D eigenvalue weighted by Crippen LogP contribution is 2.19. The van der Waals surface area contributed by atoms with E-state index in [0.717, 1.165) is 17.8 Å². The third-order valence-corrected chi connectivity index (χ3v) is 3.63. The van der Waals surface area contributed by atoms with Crippen molar-refractivity contribution >= 4 is 18.3 Å². The number of allylic oxidation sites excluding steroid dienone is 3. The van der Waals surface area contributed by atoms with Crippen molar-refractivity contribution in [3.05, 3.63) is 78.0 Å². The van der Waals surface area contributed by atoms with E-state index in [2.05, 4.69) is 21.0 Å². The fraction of sp³-hybridized carbons (Fsp3) is 0.105. The predicted octanol–water partition coefficient (Wildman–Crippen LogP) is 2.16. The number of primary amides is 1. The molecule has 6 nitrogen and oxygen atoms in total. The van der Waals surface area contributed by atoms with Gasteiger partial charge in [-0.15, -0.1) is 0 Å². The highest BCUT2D eigenvalue weighted by Gasteiger charge is 2.11. The maximum Gasteiger partial charge on any atom is 0.267 e. The molecule has 25 heavy (non-hydrogen) atoms. The number of ether oxygens (including phenoxy) is 1. The van der Waals surface area contributed by atoms with Gasteiger partial charge in [0.2, 0.25) is 0 Å². The zero-order valence-corrected chi connectivity index (χ0v) is 13.6. The Hall–Kier alpha value is -3.41. The van der Waals surface area contributed by atoms with Crippen LogP contribution in [0.15, 0.2) is 82.4 Å². The average molecular weight is 334 g/mol. The van der Waals surface area contributed by atoms with Crippen LogP contribution < -0.4 is 10.5 Å². The molecule has 126 valence electrons. The normalized spacial score (nSPS) is 20.2. The molecule has 0 saturated carbocycles. The van der Waals surface area contributed by atoms with Crippen molar-refractivity contribution in [1.82, 2.24) is 4.90 Å². The van der Waals surface area contributed by atoms with Crippen molar-refractivity contribution in [2.75, 3.05) is 13.1 Å². The van der Waals surface area contributed by atoms with Crippen molar-refractivity contribution in [3.63, 3.8) is 0 Å². The number of para-hydroxylation sites is 1. The summed E-state index contributed by atoms with van der Waals surface area (Å²) in [5.74, 6) is 0.0300. The minimum Gasteiger partial charge on any atom is -0.462 e. The van der Waals surface area contributed by atoms with Gasteiger partial charge in [0.15, 0.2) is 0 Å². The Balaban J connectivity index is 1.98. The molecule has 0 fully saturated rings. The molecular formula is C19H18N4O2. The molecule has 1 amide bonds. The first kappa shape index (κ1) is 16.4. The lowest BCUT2D eigenvalue weighted by Gasteiger charge is -2.17. The number of fused-ring (bicyclic) bond motifs is 2. The summed E-state index contributed by atoms with van der Waals surface area (Å²) in [7, 11) is 0. The third kappa shape index (κ3) is 4.32. The molecule has 0 bridgehead atoms. The summed E-state index contributed by atoms with van der Waals surface area (Å²) in [6.45, 7) is 1.46. The number of rotatable bonds is 1. The van der Waals surface area contributed by atoms with E-state index in [0.29, 0.717) is 12.3 Å². The van der Waals surface area contributed by atoms with E-state index < -0.39 is 5.91 Å². The number of amides is 1. The van der Waals surface area contributed by atoms with Crippen LogP contribution in [0.1, 0.15) is 5.56 Å². The van der Waals surface area contributed by atoms with E-state index >= 15 is 0 Å². The van der Waals surface area contributed by atoms with Gasteiger partial charge in [-0.3, -0.25) is 14.8 Å². The highest BCUT2D eigenvalue weighted by molar-refractivity contribution is 5.95. The molecule has 0 atom stereocenters. The van der Waals surface area contributed by atoms with Gasteiger partial charge in [0.1, 0.15) is 17.7 Å². The number of aliphatic imine (C=N–C) groups is 2. The fourth-order valence-corrected chi connectivity index (χ4v) is 2.34. The number of benzene rings is 1. The molecule has 0 aromatic heterocycles. The molecular weight excluding hydrogens is 316 g/mol. The molecule has 1 aromatic carbocycles. The molecule has 1 aromatic rings. The Labute approximate surface area is 146 Å². The van der Waals surface area contributed by atoms with Gasteiger partial charge in [-0.2, -0.15) is 0 Å². The van der Waals surface area contributed by atoms with Gasteiger partial charge in [-0.05, 0) is 30.4 Å². The van der Waals surface area contributed by atoms with Crippen molar-refractivity contribution in [3.8, 4) is 5.75 Å². The van der Waals surface area contributed by atoms with Crippen LogP contribution in [-0.4, -0.2) is 36.3 Å². The summed E-state index contributed by atoms with van der Waals surface area (Å²) in [5.41, 5.74) is 7.21.